The lowest BCUT2D eigenvalue weighted by Crippen LogP contribution is -2.05. The number of nitrogens with two attached hydrogens (primary N) is 1. The first-order valence-electron chi connectivity index (χ1n) is 7.53. The van der Waals surface area contributed by atoms with Crippen LogP contribution in [0.2, 0.25) is 0 Å². The molecule has 4 aromatic carbocycles. The Morgan fingerprint density at radius 1 is 0.739 bits per heavy atom. The molecule has 0 heterocycles. The van der Waals surface area contributed by atoms with Crippen LogP contribution in [-0.4, -0.2) is 5.91 Å². The second-order valence-corrected chi connectivity index (χ2v) is 5.70. The van der Waals surface area contributed by atoms with Gasteiger partial charge in [-0.15, -0.1) is 0 Å². The highest BCUT2D eigenvalue weighted by molar-refractivity contribution is 6.07. The predicted molar refractivity (Wildman–Crippen MR) is 97.2 cm³/mol. The highest BCUT2D eigenvalue weighted by atomic mass is 16.1. The van der Waals surface area contributed by atoms with Gasteiger partial charge in [0.2, 0.25) is 5.91 Å². The first kappa shape index (κ1) is 13.5. The second kappa shape index (κ2) is 5.25. The molecule has 2 nitrogen and oxygen atoms in total. The smallest absolute Gasteiger partial charge is 0.241 e. The Labute approximate surface area is 133 Å². The molecule has 2 heteroatoms. The number of carbonyl (C=O) groups excluding carboxylic acids is 1. The average molecular weight is 297 g/mol. The largest absolute Gasteiger partial charge is 0.366 e. The van der Waals surface area contributed by atoms with E-state index >= 15 is 0 Å². The first-order chi connectivity index (χ1) is 11.2. The van der Waals surface area contributed by atoms with Gasteiger partial charge in [-0.3, -0.25) is 4.79 Å². The number of primary amides is 1. The molecular formula is C21H15NO. The van der Waals surface area contributed by atoms with Gasteiger partial charge < -0.3 is 5.73 Å². The van der Waals surface area contributed by atoms with E-state index in [0.29, 0.717) is 0 Å². The number of benzene rings is 4. The van der Waals surface area contributed by atoms with Crippen LogP contribution in [0.3, 0.4) is 0 Å². The minimum absolute atomic E-state index is 0.436. The fourth-order valence-electron chi connectivity index (χ4n) is 3.06. The summed E-state index contributed by atoms with van der Waals surface area (Å²) in [6.45, 7) is 0. The average Bonchev–Trinajstić information content (AvgIpc) is 2.56. The van der Waals surface area contributed by atoms with Crippen molar-refractivity contribution in [2.24, 2.45) is 5.73 Å². The third-order valence-electron chi connectivity index (χ3n) is 4.16. The van der Waals surface area contributed by atoms with Crippen LogP contribution in [0.1, 0.15) is 5.56 Å². The molecule has 0 radical (unpaired) electrons. The Hall–Kier alpha value is -3.13. The van der Waals surface area contributed by atoms with E-state index in [1.807, 2.05) is 12.1 Å². The molecule has 2 N–H and O–H groups in total. The summed E-state index contributed by atoms with van der Waals surface area (Å²) in [5.74, 6) is -0.436. The summed E-state index contributed by atoms with van der Waals surface area (Å²) in [5, 5.41) is 7.14. The lowest BCUT2D eigenvalue weighted by atomic mass is 9.97. The summed E-state index contributed by atoms with van der Waals surface area (Å²) >= 11 is 0. The molecule has 0 fully saturated rings. The summed E-state index contributed by atoms with van der Waals surface area (Å²) in [6.07, 6.45) is 3.18. The molecule has 0 aromatic heterocycles. The van der Waals surface area contributed by atoms with Crippen molar-refractivity contribution in [3.8, 4) is 0 Å². The predicted octanol–water partition coefficient (Wildman–Crippen LogP) is 4.64. The van der Waals surface area contributed by atoms with E-state index in [1.54, 1.807) is 6.08 Å². The van der Waals surface area contributed by atoms with Crippen LogP contribution in [-0.2, 0) is 4.79 Å². The standard InChI is InChI=1S/C21H15NO/c22-21(23)9-8-14-6-3-7-17-12-18-10-15-4-1-2-5-16(15)11-19(18)13-20(14)17/h1-13H,(H2,22,23). The molecular weight excluding hydrogens is 282 g/mol. The van der Waals surface area contributed by atoms with E-state index in [1.165, 1.54) is 27.6 Å². The number of hydrogen-bond acceptors (Lipinski definition) is 1. The zero-order chi connectivity index (χ0) is 15.8. The van der Waals surface area contributed by atoms with Gasteiger partial charge in [0.05, 0.1) is 0 Å². The number of hydrogen-bond donors (Lipinski definition) is 1. The summed E-state index contributed by atoms with van der Waals surface area (Å²) in [5.41, 5.74) is 6.21. The first-order valence-corrected chi connectivity index (χ1v) is 7.53. The molecule has 23 heavy (non-hydrogen) atoms. The van der Waals surface area contributed by atoms with Gasteiger partial charge in [-0.05, 0) is 68.2 Å². The molecule has 110 valence electrons. The monoisotopic (exact) mass is 297 g/mol. The minimum atomic E-state index is -0.436. The van der Waals surface area contributed by atoms with E-state index in [-0.39, 0.29) is 0 Å². The van der Waals surface area contributed by atoms with Gasteiger partial charge in [-0.1, -0.05) is 42.5 Å². The van der Waals surface area contributed by atoms with E-state index in [4.69, 9.17) is 5.73 Å². The molecule has 4 rings (SSSR count). The van der Waals surface area contributed by atoms with Crippen molar-refractivity contribution in [3.63, 3.8) is 0 Å². The van der Waals surface area contributed by atoms with Crippen molar-refractivity contribution >= 4 is 44.3 Å². The number of carbonyl (C=O) groups is 1. The van der Waals surface area contributed by atoms with Gasteiger partial charge in [0, 0.05) is 6.08 Å². The molecule has 0 atom stereocenters. The Morgan fingerprint density at radius 2 is 1.35 bits per heavy atom. The normalized spacial score (nSPS) is 11.7. The van der Waals surface area contributed by atoms with Crippen molar-refractivity contribution in [3.05, 3.63) is 78.4 Å². The van der Waals surface area contributed by atoms with Gasteiger partial charge in [0.1, 0.15) is 0 Å². The van der Waals surface area contributed by atoms with Crippen molar-refractivity contribution in [2.45, 2.75) is 0 Å². The SMILES string of the molecule is NC(=O)C=Cc1cccc2cc3cc4ccccc4cc3cc12. The van der Waals surface area contributed by atoms with Crippen molar-refractivity contribution in [1.29, 1.82) is 0 Å². The quantitative estimate of drug-likeness (QED) is 0.425. The summed E-state index contributed by atoms with van der Waals surface area (Å²) in [7, 11) is 0. The lowest BCUT2D eigenvalue weighted by Gasteiger charge is -2.07. The molecule has 0 aliphatic carbocycles. The van der Waals surface area contributed by atoms with Crippen LogP contribution in [0.15, 0.2) is 72.8 Å². The van der Waals surface area contributed by atoms with Crippen LogP contribution >= 0.6 is 0 Å². The van der Waals surface area contributed by atoms with E-state index in [9.17, 15) is 4.79 Å². The highest BCUT2D eigenvalue weighted by Crippen LogP contribution is 2.29. The summed E-state index contributed by atoms with van der Waals surface area (Å²) in [4.78, 5) is 11.0. The Kier molecular flexibility index (Phi) is 3.09. The minimum Gasteiger partial charge on any atom is -0.366 e. The van der Waals surface area contributed by atoms with Gasteiger partial charge in [-0.2, -0.15) is 0 Å². The van der Waals surface area contributed by atoms with Crippen LogP contribution in [0.4, 0.5) is 0 Å². The van der Waals surface area contributed by atoms with Crippen molar-refractivity contribution in [1.82, 2.24) is 0 Å². The Morgan fingerprint density at radius 3 is 2.04 bits per heavy atom. The van der Waals surface area contributed by atoms with Gasteiger partial charge in [0.25, 0.3) is 0 Å². The number of amides is 1. The molecule has 0 aliphatic rings. The fraction of sp³-hybridized carbons (Fsp3) is 0. The molecule has 0 saturated heterocycles. The van der Waals surface area contributed by atoms with Crippen LogP contribution in [0.25, 0.3) is 38.4 Å². The third kappa shape index (κ3) is 2.44. The third-order valence-corrected chi connectivity index (χ3v) is 4.16. The number of fused-ring (bicyclic) bond motifs is 3. The van der Waals surface area contributed by atoms with E-state index < -0.39 is 5.91 Å². The maximum Gasteiger partial charge on any atom is 0.241 e. The summed E-state index contributed by atoms with van der Waals surface area (Å²) < 4.78 is 0. The highest BCUT2D eigenvalue weighted by Gasteiger charge is 2.03. The van der Waals surface area contributed by atoms with Gasteiger partial charge in [-0.25, -0.2) is 0 Å². The molecule has 0 saturated carbocycles. The topological polar surface area (TPSA) is 43.1 Å². The molecule has 4 aromatic rings. The summed E-state index contributed by atoms with van der Waals surface area (Å²) in [6, 6.07) is 23.2. The van der Waals surface area contributed by atoms with Crippen LogP contribution < -0.4 is 5.73 Å². The second-order valence-electron chi connectivity index (χ2n) is 5.70. The maximum atomic E-state index is 11.0. The number of rotatable bonds is 2. The fourth-order valence-corrected chi connectivity index (χ4v) is 3.06. The maximum absolute atomic E-state index is 11.0. The lowest BCUT2D eigenvalue weighted by molar-refractivity contribution is -0.113. The Bertz CT molecular complexity index is 1090. The molecule has 0 bridgehead atoms. The van der Waals surface area contributed by atoms with Crippen molar-refractivity contribution < 1.29 is 4.79 Å². The zero-order valence-corrected chi connectivity index (χ0v) is 12.5. The molecule has 0 unspecified atom stereocenters. The van der Waals surface area contributed by atoms with Crippen LogP contribution in [0.5, 0.6) is 0 Å². The van der Waals surface area contributed by atoms with Gasteiger partial charge in [0.15, 0.2) is 0 Å². The van der Waals surface area contributed by atoms with E-state index in [2.05, 4.69) is 54.6 Å². The van der Waals surface area contributed by atoms with Crippen LogP contribution in [0, 0.1) is 0 Å². The zero-order valence-electron chi connectivity index (χ0n) is 12.5. The molecule has 0 aliphatic heterocycles. The van der Waals surface area contributed by atoms with E-state index in [0.717, 1.165) is 16.3 Å². The molecule has 0 spiro atoms. The Balaban J connectivity index is 2.03. The molecule has 1 amide bonds. The van der Waals surface area contributed by atoms with Gasteiger partial charge >= 0.3 is 0 Å². The van der Waals surface area contributed by atoms with Crippen molar-refractivity contribution in [2.75, 3.05) is 0 Å².